The highest BCUT2D eigenvalue weighted by Gasteiger charge is 2.38. The molecule has 0 bridgehead atoms. The van der Waals surface area contributed by atoms with E-state index in [0.717, 1.165) is 4.90 Å². The number of hydrogen-bond acceptors (Lipinski definition) is 9. The van der Waals surface area contributed by atoms with Gasteiger partial charge in [-0.1, -0.05) is 0 Å². The van der Waals surface area contributed by atoms with E-state index in [9.17, 15) is 19.0 Å². The van der Waals surface area contributed by atoms with E-state index >= 15 is 0 Å². The van der Waals surface area contributed by atoms with Crippen molar-refractivity contribution in [2.75, 3.05) is 26.3 Å². The van der Waals surface area contributed by atoms with Crippen LogP contribution in [0.25, 0.3) is 0 Å². The molecule has 204 valence electrons. The maximum absolute atomic E-state index is 13.1. The molecule has 0 saturated heterocycles. The normalized spacial score (nSPS) is 14.4. The molecule has 0 rings (SSSR count). The van der Waals surface area contributed by atoms with Crippen molar-refractivity contribution >= 4 is 21.7 Å². The van der Waals surface area contributed by atoms with E-state index in [2.05, 4.69) is 0 Å². The number of carbonyl (C=O) groups is 1. The molecule has 0 spiro atoms. The highest BCUT2D eigenvalue weighted by molar-refractivity contribution is 7.48. The third-order valence-electron chi connectivity index (χ3n) is 3.03. The Kier molecular flexibility index (Phi) is 12.0. The Morgan fingerprint density at radius 2 is 0.853 bits per heavy atom. The molecule has 0 radical (unpaired) electrons. The molecule has 0 heterocycles. The van der Waals surface area contributed by atoms with Crippen LogP contribution >= 0.6 is 15.6 Å². The third kappa shape index (κ3) is 17.0. The fourth-order valence-corrected chi connectivity index (χ4v) is 5.89. The molecule has 0 saturated carbocycles. The molecule has 0 aliphatic heterocycles. The first kappa shape index (κ1) is 33.5. The van der Waals surface area contributed by atoms with Crippen molar-refractivity contribution in [3.8, 4) is 0 Å². The SMILES string of the molecule is CC(C)(C)OP(=O)(OCCN(CCOP(=O)(OC(C)(C)C)OC(C)(C)C)C(=O)O)OC(C)(C)C. The summed E-state index contributed by atoms with van der Waals surface area (Å²) in [6.45, 7) is 19.6. The summed E-state index contributed by atoms with van der Waals surface area (Å²) in [6.07, 6.45) is -1.26. The van der Waals surface area contributed by atoms with Gasteiger partial charge in [0.15, 0.2) is 0 Å². The fourth-order valence-electron chi connectivity index (χ4n) is 2.31. The summed E-state index contributed by atoms with van der Waals surface area (Å²) < 4.78 is 59.0. The zero-order valence-corrected chi connectivity index (χ0v) is 24.6. The largest absolute Gasteiger partial charge is 0.475 e. The van der Waals surface area contributed by atoms with Gasteiger partial charge in [0.25, 0.3) is 0 Å². The molecule has 0 aliphatic rings. The zero-order valence-electron chi connectivity index (χ0n) is 22.8. The predicted octanol–water partition coefficient (Wildman–Crippen LogP) is 6.48. The van der Waals surface area contributed by atoms with Gasteiger partial charge in [0.2, 0.25) is 0 Å². The van der Waals surface area contributed by atoms with Gasteiger partial charge < -0.3 is 10.0 Å². The van der Waals surface area contributed by atoms with Gasteiger partial charge in [-0.25, -0.2) is 13.9 Å². The van der Waals surface area contributed by atoms with Crippen LogP contribution in [0.5, 0.6) is 0 Å². The maximum atomic E-state index is 13.1. The molecule has 11 nitrogen and oxygen atoms in total. The Hall–Kier alpha value is -0.510. The lowest BCUT2D eigenvalue weighted by atomic mass is 10.2. The molecule has 0 atom stereocenters. The molecule has 0 aromatic heterocycles. The van der Waals surface area contributed by atoms with Crippen LogP contribution in [0.3, 0.4) is 0 Å². The van der Waals surface area contributed by atoms with Crippen molar-refractivity contribution in [2.24, 2.45) is 0 Å². The number of carboxylic acid groups (broad SMARTS) is 1. The lowest BCUT2D eigenvalue weighted by molar-refractivity contribution is -0.00166. The highest BCUT2D eigenvalue weighted by atomic mass is 31.2. The smallest absolute Gasteiger partial charge is 0.465 e. The zero-order chi connectivity index (χ0) is 27.2. The summed E-state index contributed by atoms with van der Waals surface area (Å²) in [5.41, 5.74) is -3.27. The topological polar surface area (TPSA) is 130 Å². The monoisotopic (exact) mass is 533 g/mol. The summed E-state index contributed by atoms with van der Waals surface area (Å²) in [4.78, 5) is 12.6. The van der Waals surface area contributed by atoms with Gasteiger partial charge >= 0.3 is 21.7 Å². The maximum Gasteiger partial charge on any atom is 0.475 e. The minimum atomic E-state index is -3.98. The highest BCUT2D eigenvalue weighted by Crippen LogP contribution is 2.56. The van der Waals surface area contributed by atoms with Crippen molar-refractivity contribution in [2.45, 2.75) is 105 Å². The number of rotatable bonds is 12. The van der Waals surface area contributed by atoms with Crippen molar-refractivity contribution in [1.82, 2.24) is 4.90 Å². The van der Waals surface area contributed by atoms with Gasteiger partial charge in [-0.05, 0) is 83.1 Å². The molecular weight excluding hydrogens is 488 g/mol. The van der Waals surface area contributed by atoms with Crippen molar-refractivity contribution in [3.63, 3.8) is 0 Å². The van der Waals surface area contributed by atoms with E-state index in [1.165, 1.54) is 0 Å². The van der Waals surface area contributed by atoms with Gasteiger partial charge in [-0.3, -0.25) is 27.1 Å². The molecule has 0 aliphatic carbocycles. The summed E-state index contributed by atoms with van der Waals surface area (Å²) in [6, 6.07) is 0. The van der Waals surface area contributed by atoms with Crippen LogP contribution in [0.4, 0.5) is 4.79 Å². The minimum absolute atomic E-state index is 0.158. The van der Waals surface area contributed by atoms with Crippen molar-refractivity contribution < 1.29 is 46.2 Å². The molecule has 0 fully saturated rings. The van der Waals surface area contributed by atoms with Crippen LogP contribution in [0.15, 0.2) is 0 Å². The second-order valence-corrected chi connectivity index (χ2v) is 14.7. The Morgan fingerprint density at radius 3 is 1.03 bits per heavy atom. The Balaban J connectivity index is 5.17. The molecule has 0 aromatic carbocycles. The first-order chi connectivity index (χ1) is 14.8. The molecule has 34 heavy (non-hydrogen) atoms. The summed E-state index contributed by atoms with van der Waals surface area (Å²) in [7, 11) is -7.97. The summed E-state index contributed by atoms with van der Waals surface area (Å²) >= 11 is 0. The van der Waals surface area contributed by atoms with E-state index in [-0.39, 0.29) is 26.3 Å². The number of nitrogens with zero attached hydrogens (tertiary/aromatic N) is 1. The Bertz CT molecular complexity index is 649. The average Bonchev–Trinajstić information content (AvgIpc) is 2.44. The molecule has 13 heteroatoms. The van der Waals surface area contributed by atoms with E-state index in [0.29, 0.717) is 0 Å². The van der Waals surface area contributed by atoms with Crippen LogP contribution < -0.4 is 0 Å². The fraction of sp³-hybridized carbons (Fsp3) is 0.952. The van der Waals surface area contributed by atoms with Gasteiger partial charge in [-0.15, -0.1) is 0 Å². The first-order valence-corrected chi connectivity index (χ1v) is 14.1. The Morgan fingerprint density at radius 1 is 0.618 bits per heavy atom. The van der Waals surface area contributed by atoms with Gasteiger partial charge in [0.05, 0.1) is 35.6 Å². The molecular formula is C21H45NO10P2. The molecule has 0 unspecified atom stereocenters. The number of hydrogen-bond donors (Lipinski definition) is 1. The third-order valence-corrected chi connectivity index (χ3v) is 7.12. The second kappa shape index (κ2) is 12.2. The standard InChI is InChI=1S/C21H45NO10P2/c1-18(2,3)29-33(25,30-19(4,5)6)27-15-13-22(17(23)24)14-16-28-34(26,31-20(7,8)9)32-21(10,11)12/h13-16H2,1-12H3,(H,23,24). The lowest BCUT2D eigenvalue weighted by Crippen LogP contribution is -2.36. The van der Waals surface area contributed by atoms with Crippen LogP contribution in [-0.4, -0.2) is 64.8 Å². The van der Waals surface area contributed by atoms with E-state index in [4.69, 9.17) is 27.1 Å². The number of phosphoric acid groups is 2. The van der Waals surface area contributed by atoms with Gasteiger partial charge in [-0.2, -0.15) is 0 Å². The Labute approximate surface area is 205 Å². The number of phosphoric ester groups is 2. The van der Waals surface area contributed by atoms with E-state index < -0.39 is 44.1 Å². The summed E-state index contributed by atoms with van der Waals surface area (Å²) in [5, 5.41) is 9.53. The second-order valence-electron chi connectivity index (χ2n) is 11.6. The van der Waals surface area contributed by atoms with E-state index in [1.54, 1.807) is 83.1 Å². The molecule has 1 N–H and O–H groups in total. The quantitative estimate of drug-likeness (QED) is 0.278. The number of amides is 1. The van der Waals surface area contributed by atoms with Crippen molar-refractivity contribution in [1.29, 1.82) is 0 Å². The van der Waals surface area contributed by atoms with Gasteiger partial charge in [0.1, 0.15) is 0 Å². The van der Waals surface area contributed by atoms with Crippen LogP contribution in [-0.2, 0) is 36.3 Å². The van der Waals surface area contributed by atoms with Crippen LogP contribution in [0, 0.1) is 0 Å². The molecule has 1 amide bonds. The van der Waals surface area contributed by atoms with Crippen LogP contribution in [0.1, 0.15) is 83.1 Å². The van der Waals surface area contributed by atoms with Gasteiger partial charge in [0, 0.05) is 13.1 Å². The predicted molar refractivity (Wildman–Crippen MR) is 130 cm³/mol. The van der Waals surface area contributed by atoms with E-state index in [1.807, 2.05) is 0 Å². The first-order valence-electron chi connectivity index (χ1n) is 11.1. The van der Waals surface area contributed by atoms with Crippen LogP contribution in [0.2, 0.25) is 0 Å². The van der Waals surface area contributed by atoms with Crippen molar-refractivity contribution in [3.05, 3.63) is 0 Å². The molecule has 0 aromatic rings. The minimum Gasteiger partial charge on any atom is -0.465 e. The summed E-state index contributed by atoms with van der Waals surface area (Å²) in [5.74, 6) is 0. The average molecular weight is 534 g/mol. The lowest BCUT2D eigenvalue weighted by Gasteiger charge is -2.32.